The number of amides is 1. The van der Waals surface area contributed by atoms with E-state index in [2.05, 4.69) is 42.9 Å². The third-order valence-corrected chi connectivity index (χ3v) is 3.91. The van der Waals surface area contributed by atoms with Crippen LogP contribution in [-0.4, -0.2) is 47.1 Å². The summed E-state index contributed by atoms with van der Waals surface area (Å²) >= 11 is 0. The van der Waals surface area contributed by atoms with Crippen LogP contribution in [0.25, 0.3) is 0 Å². The number of morpholine rings is 1. The van der Waals surface area contributed by atoms with E-state index in [-0.39, 0.29) is 30.1 Å². The molecule has 2 rings (SSSR count). The summed E-state index contributed by atoms with van der Waals surface area (Å²) in [4.78, 5) is 19.1. The average molecular weight is 305 g/mol. The molecule has 0 aromatic carbocycles. The topological polar surface area (TPSA) is 54.5 Å². The average Bonchev–Trinajstić information content (AvgIpc) is 2.45. The highest BCUT2D eigenvalue weighted by Crippen LogP contribution is 2.18. The molecular formula is C17H27N3O2. The summed E-state index contributed by atoms with van der Waals surface area (Å²) in [5, 5.41) is 3.02. The molecule has 0 saturated carbocycles. The van der Waals surface area contributed by atoms with Gasteiger partial charge in [0.15, 0.2) is 0 Å². The van der Waals surface area contributed by atoms with E-state index in [1.54, 1.807) is 6.20 Å². The SMILES string of the molecule is CC(C)[C@H](C(=O)NCc1ccccn1)N1C[C@@H](C)O[C@H](C)C1. The number of pyridine rings is 1. The number of carbonyl (C=O) groups is 1. The van der Waals surface area contributed by atoms with Crippen molar-refractivity contribution in [2.75, 3.05) is 13.1 Å². The first-order valence-corrected chi connectivity index (χ1v) is 8.04. The Labute approximate surface area is 133 Å². The van der Waals surface area contributed by atoms with Crippen LogP contribution in [0.4, 0.5) is 0 Å². The number of aromatic nitrogens is 1. The lowest BCUT2D eigenvalue weighted by Gasteiger charge is -2.41. The highest BCUT2D eigenvalue weighted by Gasteiger charge is 2.33. The maximum absolute atomic E-state index is 12.6. The normalized spacial score (nSPS) is 24.2. The largest absolute Gasteiger partial charge is 0.373 e. The van der Waals surface area contributed by atoms with E-state index in [1.807, 2.05) is 18.2 Å². The van der Waals surface area contributed by atoms with Gasteiger partial charge >= 0.3 is 0 Å². The van der Waals surface area contributed by atoms with Crippen molar-refractivity contribution < 1.29 is 9.53 Å². The zero-order valence-electron chi connectivity index (χ0n) is 14.0. The van der Waals surface area contributed by atoms with Gasteiger partial charge in [-0.25, -0.2) is 0 Å². The number of nitrogens with one attached hydrogen (secondary N) is 1. The molecule has 0 spiro atoms. The fraction of sp³-hybridized carbons (Fsp3) is 0.647. The van der Waals surface area contributed by atoms with Crippen molar-refractivity contribution in [3.63, 3.8) is 0 Å². The van der Waals surface area contributed by atoms with Gasteiger partial charge in [-0.15, -0.1) is 0 Å². The van der Waals surface area contributed by atoms with E-state index in [0.29, 0.717) is 6.54 Å². The Morgan fingerprint density at radius 3 is 2.59 bits per heavy atom. The van der Waals surface area contributed by atoms with Gasteiger partial charge < -0.3 is 10.1 Å². The molecule has 2 heterocycles. The van der Waals surface area contributed by atoms with Crippen LogP contribution >= 0.6 is 0 Å². The summed E-state index contributed by atoms with van der Waals surface area (Å²) in [6.07, 6.45) is 2.06. The predicted molar refractivity (Wildman–Crippen MR) is 86.3 cm³/mol. The Kier molecular flexibility index (Phi) is 5.91. The lowest BCUT2D eigenvalue weighted by molar-refractivity contribution is -0.135. The highest BCUT2D eigenvalue weighted by molar-refractivity contribution is 5.82. The van der Waals surface area contributed by atoms with Gasteiger partial charge in [-0.1, -0.05) is 19.9 Å². The van der Waals surface area contributed by atoms with Crippen molar-refractivity contribution in [3.8, 4) is 0 Å². The van der Waals surface area contributed by atoms with Gasteiger partial charge in [0.25, 0.3) is 0 Å². The monoisotopic (exact) mass is 305 g/mol. The molecule has 1 amide bonds. The zero-order chi connectivity index (χ0) is 16.1. The smallest absolute Gasteiger partial charge is 0.237 e. The van der Waals surface area contributed by atoms with Crippen molar-refractivity contribution >= 4 is 5.91 Å². The maximum Gasteiger partial charge on any atom is 0.237 e. The maximum atomic E-state index is 12.6. The quantitative estimate of drug-likeness (QED) is 0.902. The number of nitrogens with zero attached hydrogens (tertiary/aromatic N) is 2. The lowest BCUT2D eigenvalue weighted by atomic mass is 9.99. The summed E-state index contributed by atoms with van der Waals surface area (Å²) < 4.78 is 5.77. The standard InChI is InChI=1S/C17H27N3O2/c1-12(2)16(20-10-13(3)22-14(4)11-20)17(21)19-9-15-7-5-6-8-18-15/h5-8,12-14,16H,9-11H2,1-4H3,(H,19,21)/t13-,14-,16-/m1/s1. The molecule has 0 bridgehead atoms. The molecule has 1 aliphatic heterocycles. The van der Waals surface area contributed by atoms with E-state index in [0.717, 1.165) is 18.8 Å². The van der Waals surface area contributed by atoms with Gasteiger partial charge in [0.05, 0.1) is 30.5 Å². The first kappa shape index (κ1) is 16.9. The van der Waals surface area contributed by atoms with Crippen molar-refractivity contribution in [1.82, 2.24) is 15.2 Å². The second kappa shape index (κ2) is 7.70. The first-order valence-electron chi connectivity index (χ1n) is 8.04. The van der Waals surface area contributed by atoms with E-state index in [1.165, 1.54) is 0 Å². The van der Waals surface area contributed by atoms with Crippen LogP contribution in [0.3, 0.4) is 0 Å². The molecule has 0 radical (unpaired) electrons. The van der Waals surface area contributed by atoms with Crippen LogP contribution in [0.2, 0.25) is 0 Å². The lowest BCUT2D eigenvalue weighted by Crippen LogP contribution is -2.56. The first-order chi connectivity index (χ1) is 10.5. The number of hydrogen-bond donors (Lipinski definition) is 1. The number of ether oxygens (including phenoxy) is 1. The summed E-state index contributed by atoms with van der Waals surface area (Å²) in [5.41, 5.74) is 0.877. The Balaban J connectivity index is 1.99. The van der Waals surface area contributed by atoms with E-state index >= 15 is 0 Å². The molecule has 5 heteroatoms. The molecular weight excluding hydrogens is 278 g/mol. The van der Waals surface area contributed by atoms with E-state index in [4.69, 9.17) is 4.74 Å². The predicted octanol–water partition coefficient (Wildman–Crippen LogP) is 1.83. The second-order valence-electron chi connectivity index (χ2n) is 6.44. The van der Waals surface area contributed by atoms with Crippen molar-refractivity contribution in [2.45, 2.75) is 52.5 Å². The van der Waals surface area contributed by atoms with Crippen LogP contribution in [0.5, 0.6) is 0 Å². The van der Waals surface area contributed by atoms with Gasteiger partial charge in [0, 0.05) is 19.3 Å². The van der Waals surface area contributed by atoms with Gasteiger partial charge in [0.1, 0.15) is 0 Å². The molecule has 122 valence electrons. The third kappa shape index (κ3) is 4.52. The Hall–Kier alpha value is -1.46. The molecule has 5 nitrogen and oxygen atoms in total. The molecule has 1 N–H and O–H groups in total. The molecule has 3 atom stereocenters. The summed E-state index contributed by atoms with van der Waals surface area (Å²) in [6, 6.07) is 5.60. The molecule has 1 aliphatic rings. The van der Waals surface area contributed by atoms with Crippen LogP contribution in [0.1, 0.15) is 33.4 Å². The second-order valence-corrected chi connectivity index (χ2v) is 6.44. The molecule has 0 aliphatic carbocycles. The fourth-order valence-corrected chi connectivity index (χ4v) is 3.12. The van der Waals surface area contributed by atoms with Crippen molar-refractivity contribution in [1.29, 1.82) is 0 Å². The number of hydrogen-bond acceptors (Lipinski definition) is 4. The molecule has 22 heavy (non-hydrogen) atoms. The van der Waals surface area contributed by atoms with Gasteiger partial charge in [-0.3, -0.25) is 14.7 Å². The van der Waals surface area contributed by atoms with E-state index in [9.17, 15) is 4.79 Å². The molecule has 0 unspecified atom stereocenters. The fourth-order valence-electron chi connectivity index (χ4n) is 3.12. The minimum absolute atomic E-state index is 0.0713. The van der Waals surface area contributed by atoms with Crippen molar-refractivity contribution in [2.24, 2.45) is 5.92 Å². The van der Waals surface area contributed by atoms with Gasteiger partial charge in [-0.05, 0) is 31.9 Å². The molecule has 1 fully saturated rings. The Morgan fingerprint density at radius 1 is 1.36 bits per heavy atom. The van der Waals surface area contributed by atoms with Gasteiger partial charge in [-0.2, -0.15) is 0 Å². The summed E-state index contributed by atoms with van der Waals surface area (Å²) in [7, 11) is 0. The Bertz CT molecular complexity index is 468. The molecule has 1 aromatic rings. The number of rotatable bonds is 5. The van der Waals surface area contributed by atoms with Crippen molar-refractivity contribution in [3.05, 3.63) is 30.1 Å². The summed E-state index contributed by atoms with van der Waals surface area (Å²) in [5.74, 6) is 0.322. The minimum Gasteiger partial charge on any atom is -0.373 e. The van der Waals surface area contributed by atoms with Gasteiger partial charge in [0.2, 0.25) is 5.91 Å². The third-order valence-electron chi connectivity index (χ3n) is 3.91. The van der Waals surface area contributed by atoms with Crippen LogP contribution in [0, 0.1) is 5.92 Å². The number of carbonyl (C=O) groups excluding carboxylic acids is 1. The van der Waals surface area contributed by atoms with Crippen LogP contribution in [0.15, 0.2) is 24.4 Å². The van der Waals surface area contributed by atoms with Crippen LogP contribution < -0.4 is 5.32 Å². The minimum atomic E-state index is -0.127. The van der Waals surface area contributed by atoms with E-state index < -0.39 is 0 Å². The Morgan fingerprint density at radius 2 is 2.05 bits per heavy atom. The summed E-state index contributed by atoms with van der Waals surface area (Å²) in [6.45, 7) is 10.4. The molecule has 1 saturated heterocycles. The molecule has 1 aromatic heterocycles. The zero-order valence-corrected chi connectivity index (χ0v) is 14.0. The van der Waals surface area contributed by atoms with Crippen LogP contribution in [-0.2, 0) is 16.1 Å². The highest BCUT2D eigenvalue weighted by atomic mass is 16.5.